The van der Waals surface area contributed by atoms with Crippen LogP contribution < -0.4 is 11.2 Å². The van der Waals surface area contributed by atoms with Crippen LogP contribution >= 0.6 is 0 Å². The number of hydrogen-bond donors (Lipinski definition) is 1. The van der Waals surface area contributed by atoms with Crippen molar-refractivity contribution in [3.05, 3.63) is 33.1 Å². The number of aromatic amines is 1. The van der Waals surface area contributed by atoms with Gasteiger partial charge in [-0.3, -0.25) is 19.1 Å². The van der Waals surface area contributed by atoms with Gasteiger partial charge in [-0.1, -0.05) is 41.5 Å². The number of halogens is 1. The highest BCUT2D eigenvalue weighted by Crippen LogP contribution is 2.46. The number of nitrogens with one attached hydrogen (secondary N) is 1. The van der Waals surface area contributed by atoms with E-state index in [0.717, 1.165) is 16.8 Å². The monoisotopic (exact) mass is 502 g/mol. The van der Waals surface area contributed by atoms with E-state index in [1.807, 2.05) is 47.0 Å². The number of carbonyl (C=O) groups is 1. The predicted molar refractivity (Wildman–Crippen MR) is 130 cm³/mol. The third-order valence-corrected chi connectivity index (χ3v) is 16.3. The van der Waals surface area contributed by atoms with Gasteiger partial charge < -0.3 is 13.6 Å². The molecule has 1 aliphatic heterocycles. The number of carbonyl (C=O) groups excluding carboxylic acids is 1. The summed E-state index contributed by atoms with van der Waals surface area (Å²) in [4.78, 5) is 38.5. The van der Waals surface area contributed by atoms with Crippen molar-refractivity contribution in [3.8, 4) is 0 Å². The molecular formula is C22H39FN2O6Si2. The second-order valence-corrected chi connectivity index (χ2v) is 21.5. The van der Waals surface area contributed by atoms with Gasteiger partial charge in [0.2, 0.25) is 0 Å². The van der Waals surface area contributed by atoms with Crippen LogP contribution in [0.5, 0.6) is 0 Å². The second-order valence-electron chi connectivity index (χ2n) is 11.9. The van der Waals surface area contributed by atoms with E-state index in [0.29, 0.717) is 6.29 Å². The number of aromatic nitrogens is 2. The van der Waals surface area contributed by atoms with Gasteiger partial charge in [-0.05, 0) is 36.3 Å². The highest BCUT2D eigenvalue weighted by molar-refractivity contribution is 6.74. The third kappa shape index (κ3) is 5.47. The molecule has 0 bridgehead atoms. The van der Waals surface area contributed by atoms with Crippen LogP contribution in [-0.4, -0.2) is 57.0 Å². The number of aldehydes is 1. The van der Waals surface area contributed by atoms with E-state index >= 15 is 4.39 Å². The number of alkyl halides is 1. The molecule has 1 fully saturated rings. The van der Waals surface area contributed by atoms with Crippen molar-refractivity contribution in [1.29, 1.82) is 0 Å². The summed E-state index contributed by atoms with van der Waals surface area (Å²) >= 11 is 0. The molecule has 0 amide bonds. The molecule has 188 valence electrons. The summed E-state index contributed by atoms with van der Waals surface area (Å²) in [5.74, 6) is 0. The van der Waals surface area contributed by atoms with Gasteiger partial charge in [0.15, 0.2) is 40.9 Å². The van der Waals surface area contributed by atoms with Crippen molar-refractivity contribution >= 4 is 22.9 Å². The molecule has 1 aliphatic rings. The molecule has 1 aromatic rings. The van der Waals surface area contributed by atoms with Crippen molar-refractivity contribution in [2.45, 2.75) is 102 Å². The van der Waals surface area contributed by atoms with E-state index < -0.39 is 52.0 Å². The predicted octanol–water partition coefficient (Wildman–Crippen LogP) is 3.75. The number of ether oxygens (including phenoxy) is 1. The largest absolute Gasteiger partial charge is 0.413 e. The Hall–Kier alpha value is -1.41. The number of H-pyrrole nitrogens is 1. The maximum Gasteiger partial charge on any atom is 0.330 e. The minimum atomic E-state index is -2.55. The van der Waals surface area contributed by atoms with Crippen LogP contribution in [0.2, 0.25) is 36.3 Å². The average Bonchev–Trinajstić information content (AvgIpc) is 2.91. The van der Waals surface area contributed by atoms with Crippen LogP contribution in [-0.2, 0) is 18.4 Å². The van der Waals surface area contributed by atoms with Crippen molar-refractivity contribution < 1.29 is 22.8 Å². The Kier molecular flexibility index (Phi) is 7.58. The summed E-state index contributed by atoms with van der Waals surface area (Å²) in [5.41, 5.74) is -3.18. The Morgan fingerprint density at radius 1 is 1.12 bits per heavy atom. The molecule has 1 aromatic heterocycles. The fraction of sp³-hybridized carbons (Fsp3) is 0.773. The molecule has 2 heterocycles. The Bertz CT molecular complexity index is 979. The van der Waals surface area contributed by atoms with E-state index in [2.05, 4.69) is 25.8 Å². The van der Waals surface area contributed by atoms with Crippen molar-refractivity contribution in [1.82, 2.24) is 9.55 Å². The van der Waals surface area contributed by atoms with Crippen LogP contribution in [0.4, 0.5) is 4.39 Å². The highest BCUT2D eigenvalue weighted by Gasteiger charge is 2.61. The van der Waals surface area contributed by atoms with Gasteiger partial charge in [0.05, 0.1) is 6.61 Å². The molecule has 1 N–H and O–H groups in total. The SMILES string of the molecule is CC(C)(C)[Si](C)(C)OC[C@@]1(C=O)O[C@@H](n2ccc(=O)[nH]c2=O)[C@@H](F)C1O[Si](C)(C)C(C)(C)C. The van der Waals surface area contributed by atoms with E-state index in [-0.39, 0.29) is 16.7 Å². The normalized spacial score (nSPS) is 27.1. The zero-order chi connectivity index (χ0) is 25.6. The molecule has 1 saturated heterocycles. The molecule has 0 aromatic carbocycles. The second kappa shape index (κ2) is 8.99. The van der Waals surface area contributed by atoms with Crippen LogP contribution in [0.15, 0.2) is 21.9 Å². The van der Waals surface area contributed by atoms with Crippen molar-refractivity contribution in [3.63, 3.8) is 0 Å². The summed E-state index contributed by atoms with van der Waals surface area (Å²) in [5, 5.41) is -0.398. The topological polar surface area (TPSA) is 99.6 Å². The number of nitrogens with zero attached hydrogens (tertiary/aromatic N) is 1. The summed E-state index contributed by atoms with van der Waals surface area (Å²) in [6.07, 6.45) is -2.85. The molecular weight excluding hydrogens is 463 g/mol. The molecule has 1 unspecified atom stereocenters. The minimum absolute atomic E-state index is 0.143. The first-order valence-electron chi connectivity index (χ1n) is 11.2. The molecule has 2 rings (SSSR count). The smallest absolute Gasteiger partial charge is 0.330 e. The van der Waals surface area contributed by atoms with E-state index in [9.17, 15) is 14.4 Å². The lowest BCUT2D eigenvalue weighted by Crippen LogP contribution is -2.57. The lowest BCUT2D eigenvalue weighted by atomic mass is 9.99. The van der Waals surface area contributed by atoms with Crippen LogP contribution in [0.1, 0.15) is 47.8 Å². The summed E-state index contributed by atoms with van der Waals surface area (Å²) in [7, 11) is -4.87. The van der Waals surface area contributed by atoms with Gasteiger partial charge >= 0.3 is 5.69 Å². The van der Waals surface area contributed by atoms with E-state index in [1.165, 1.54) is 0 Å². The van der Waals surface area contributed by atoms with Crippen molar-refractivity contribution in [2.75, 3.05) is 6.61 Å². The number of rotatable bonds is 7. The van der Waals surface area contributed by atoms with Gasteiger partial charge in [0.1, 0.15) is 6.10 Å². The van der Waals surface area contributed by atoms with Gasteiger partial charge in [-0.15, -0.1) is 0 Å². The first-order valence-corrected chi connectivity index (χ1v) is 17.0. The summed E-state index contributed by atoms with van der Waals surface area (Å²) in [6.45, 7) is 20.0. The number of hydrogen-bond acceptors (Lipinski definition) is 6. The highest BCUT2D eigenvalue weighted by atomic mass is 28.4. The minimum Gasteiger partial charge on any atom is -0.413 e. The van der Waals surface area contributed by atoms with Gasteiger partial charge in [-0.25, -0.2) is 9.18 Å². The molecule has 8 nitrogen and oxygen atoms in total. The average molecular weight is 503 g/mol. The molecule has 0 saturated carbocycles. The molecule has 33 heavy (non-hydrogen) atoms. The lowest BCUT2D eigenvalue weighted by Gasteiger charge is -2.43. The maximum atomic E-state index is 16.0. The third-order valence-electron chi connectivity index (χ3n) is 7.40. The first kappa shape index (κ1) is 27.8. The fourth-order valence-electron chi connectivity index (χ4n) is 3.03. The molecule has 0 aliphatic carbocycles. The van der Waals surface area contributed by atoms with Crippen molar-refractivity contribution in [2.24, 2.45) is 0 Å². The maximum absolute atomic E-state index is 16.0. The standard InChI is InChI=1S/C22H39FN2O6Si2/c1-20(2,3)32(7,8)29-14-22(13-26)17(31-33(9,10)21(4,5)6)16(23)18(30-22)25-12-11-15(27)24-19(25)28/h11-13,16-18H,14H2,1-10H3,(H,24,27,28)/t16-,17?,18+,22+/m0/s1. The van der Waals surface area contributed by atoms with Crippen LogP contribution in [0.3, 0.4) is 0 Å². The lowest BCUT2D eigenvalue weighted by molar-refractivity contribution is -0.149. The Morgan fingerprint density at radius 2 is 1.67 bits per heavy atom. The summed E-state index contributed by atoms with van der Waals surface area (Å²) in [6, 6.07) is 1.11. The Labute approximate surface area is 197 Å². The molecule has 0 radical (unpaired) electrons. The molecule has 11 heteroatoms. The first-order chi connectivity index (χ1) is 14.8. The Balaban J connectivity index is 2.55. The summed E-state index contributed by atoms with van der Waals surface area (Å²) < 4.78 is 35.6. The van der Waals surface area contributed by atoms with Gasteiger partial charge in [0, 0.05) is 12.3 Å². The zero-order valence-electron chi connectivity index (χ0n) is 21.4. The van der Waals surface area contributed by atoms with Crippen LogP contribution in [0.25, 0.3) is 0 Å². The fourth-order valence-corrected chi connectivity index (χ4v) is 5.36. The Morgan fingerprint density at radius 3 is 2.12 bits per heavy atom. The van der Waals surface area contributed by atoms with E-state index in [4.69, 9.17) is 13.6 Å². The van der Waals surface area contributed by atoms with Crippen LogP contribution in [0, 0.1) is 0 Å². The van der Waals surface area contributed by atoms with Gasteiger partial charge in [-0.2, -0.15) is 0 Å². The molecule has 0 spiro atoms. The zero-order valence-corrected chi connectivity index (χ0v) is 23.4. The quantitative estimate of drug-likeness (QED) is 0.450. The van der Waals surface area contributed by atoms with E-state index in [1.54, 1.807) is 0 Å². The van der Waals surface area contributed by atoms with Gasteiger partial charge in [0.25, 0.3) is 5.56 Å². The molecule has 4 atom stereocenters.